The molecule has 1 N–H and O–H groups in total. The zero-order valence-electron chi connectivity index (χ0n) is 12.3. The van der Waals surface area contributed by atoms with Crippen molar-refractivity contribution in [2.24, 2.45) is 0 Å². The first-order valence-corrected chi connectivity index (χ1v) is 8.92. The number of thiophene rings is 1. The molecular weight excluding hydrogens is 306 g/mol. The molecule has 3 heterocycles. The van der Waals surface area contributed by atoms with Gasteiger partial charge in [0.05, 0.1) is 10.4 Å². The first kappa shape index (κ1) is 15.3. The molecule has 2 unspecified atom stereocenters. The fourth-order valence-corrected chi connectivity index (χ4v) is 4.33. The van der Waals surface area contributed by atoms with Gasteiger partial charge in [0.15, 0.2) is 0 Å². The van der Waals surface area contributed by atoms with Crippen LogP contribution < -0.4 is 5.32 Å². The van der Waals surface area contributed by atoms with Gasteiger partial charge in [0, 0.05) is 32.2 Å². The number of halogens is 1. The van der Waals surface area contributed by atoms with Crippen molar-refractivity contribution in [3.8, 4) is 0 Å². The van der Waals surface area contributed by atoms with Crippen LogP contribution in [0.4, 0.5) is 0 Å². The molecule has 0 radical (unpaired) electrons. The number of hydrogen-bond donors (Lipinski definition) is 1. The van der Waals surface area contributed by atoms with Crippen LogP contribution in [0.5, 0.6) is 0 Å². The summed E-state index contributed by atoms with van der Waals surface area (Å²) in [4.78, 5) is 17.2. The van der Waals surface area contributed by atoms with Crippen LogP contribution in [0, 0.1) is 0 Å². The zero-order chi connectivity index (χ0) is 14.8. The maximum atomic E-state index is 12.8. The molecule has 0 bridgehead atoms. The lowest BCUT2D eigenvalue weighted by Gasteiger charge is -2.35. The molecule has 0 spiro atoms. The van der Waals surface area contributed by atoms with Crippen LogP contribution in [0.25, 0.3) is 0 Å². The first-order valence-electron chi connectivity index (χ1n) is 7.66. The minimum atomic E-state index is 0.0387. The van der Waals surface area contributed by atoms with Crippen molar-refractivity contribution in [1.29, 1.82) is 0 Å². The second-order valence-electron chi connectivity index (χ2n) is 5.83. The van der Waals surface area contributed by atoms with E-state index in [1.165, 1.54) is 5.56 Å². The highest BCUT2D eigenvalue weighted by Crippen LogP contribution is 2.33. The number of carbonyl (C=O) groups excluding carboxylic acids is 1. The lowest BCUT2D eigenvalue weighted by atomic mass is 10.1. The monoisotopic (exact) mass is 327 g/mol. The molecule has 2 atom stereocenters. The molecule has 2 fully saturated rings. The van der Waals surface area contributed by atoms with E-state index in [0.29, 0.717) is 5.91 Å². The van der Waals surface area contributed by atoms with Crippen LogP contribution in [0.1, 0.15) is 31.4 Å². The second kappa shape index (κ2) is 6.65. The van der Waals surface area contributed by atoms with E-state index in [-0.39, 0.29) is 12.1 Å². The van der Waals surface area contributed by atoms with Crippen molar-refractivity contribution < 1.29 is 4.79 Å². The summed E-state index contributed by atoms with van der Waals surface area (Å²) in [5, 5.41) is 5.41. The van der Waals surface area contributed by atoms with Crippen LogP contribution in [-0.4, -0.2) is 54.5 Å². The fraction of sp³-hybridized carbons (Fsp3) is 0.667. The summed E-state index contributed by atoms with van der Waals surface area (Å²) in [5.74, 6) is 0.308. The quantitative estimate of drug-likeness (QED) is 0.925. The highest BCUT2D eigenvalue weighted by Gasteiger charge is 2.36. The Morgan fingerprint density at radius 2 is 2.19 bits per heavy atom. The number of carbonyl (C=O) groups is 1. The van der Waals surface area contributed by atoms with Crippen LogP contribution in [-0.2, 0) is 4.79 Å². The van der Waals surface area contributed by atoms with E-state index in [4.69, 9.17) is 11.6 Å². The Balaban J connectivity index is 1.71. The average molecular weight is 328 g/mol. The van der Waals surface area contributed by atoms with Gasteiger partial charge in [-0.2, -0.15) is 0 Å². The highest BCUT2D eigenvalue weighted by molar-refractivity contribution is 7.14. The van der Waals surface area contributed by atoms with Gasteiger partial charge in [-0.25, -0.2) is 0 Å². The predicted octanol–water partition coefficient (Wildman–Crippen LogP) is 2.36. The number of nitrogens with zero attached hydrogens (tertiary/aromatic N) is 2. The molecule has 1 aromatic heterocycles. The lowest BCUT2D eigenvalue weighted by molar-refractivity contribution is -0.137. The third-order valence-electron chi connectivity index (χ3n) is 4.58. The van der Waals surface area contributed by atoms with E-state index in [1.54, 1.807) is 11.3 Å². The van der Waals surface area contributed by atoms with Crippen molar-refractivity contribution in [2.45, 2.75) is 31.8 Å². The van der Waals surface area contributed by atoms with Crippen molar-refractivity contribution in [2.75, 3.05) is 32.7 Å². The molecule has 1 amide bonds. The third kappa shape index (κ3) is 3.26. The molecule has 21 heavy (non-hydrogen) atoms. The SMILES string of the molecule is CC(c1csc(Cl)c1)N1CCCC1C(=O)N1CCNCC1. The normalized spacial score (nSPS) is 25.2. The Morgan fingerprint density at radius 1 is 1.43 bits per heavy atom. The molecular formula is C15H22ClN3OS. The largest absolute Gasteiger partial charge is 0.339 e. The lowest BCUT2D eigenvalue weighted by Crippen LogP contribution is -2.52. The fourth-order valence-electron chi connectivity index (χ4n) is 3.35. The number of amides is 1. The minimum absolute atomic E-state index is 0.0387. The summed E-state index contributed by atoms with van der Waals surface area (Å²) in [7, 11) is 0. The van der Waals surface area contributed by atoms with E-state index in [1.807, 2.05) is 11.0 Å². The molecule has 1 aromatic rings. The van der Waals surface area contributed by atoms with E-state index in [2.05, 4.69) is 22.5 Å². The topological polar surface area (TPSA) is 35.6 Å². The van der Waals surface area contributed by atoms with E-state index >= 15 is 0 Å². The van der Waals surface area contributed by atoms with Crippen molar-refractivity contribution in [3.05, 3.63) is 21.3 Å². The number of nitrogens with one attached hydrogen (secondary N) is 1. The second-order valence-corrected chi connectivity index (χ2v) is 7.37. The van der Waals surface area contributed by atoms with Crippen LogP contribution >= 0.6 is 22.9 Å². The molecule has 6 heteroatoms. The van der Waals surface area contributed by atoms with Gasteiger partial charge in [-0.05, 0) is 43.3 Å². The molecule has 2 aliphatic rings. The summed E-state index contributed by atoms with van der Waals surface area (Å²) in [6.45, 7) is 6.67. The van der Waals surface area contributed by atoms with Gasteiger partial charge in [-0.1, -0.05) is 11.6 Å². The number of piperazine rings is 1. The Kier molecular flexibility index (Phi) is 4.84. The number of rotatable bonds is 3. The van der Waals surface area contributed by atoms with Crippen molar-refractivity contribution in [3.63, 3.8) is 0 Å². The first-order chi connectivity index (χ1) is 10.2. The van der Waals surface area contributed by atoms with Crippen LogP contribution in [0.15, 0.2) is 11.4 Å². The smallest absolute Gasteiger partial charge is 0.240 e. The van der Waals surface area contributed by atoms with E-state index in [0.717, 1.165) is 49.9 Å². The van der Waals surface area contributed by atoms with Crippen LogP contribution in [0.2, 0.25) is 4.34 Å². The summed E-state index contributed by atoms with van der Waals surface area (Å²) in [6, 6.07) is 2.33. The van der Waals surface area contributed by atoms with Crippen molar-refractivity contribution in [1.82, 2.24) is 15.1 Å². The molecule has 116 valence electrons. The van der Waals surface area contributed by atoms with Gasteiger partial charge in [-0.15, -0.1) is 11.3 Å². The predicted molar refractivity (Wildman–Crippen MR) is 86.9 cm³/mol. The molecule has 0 aliphatic carbocycles. The maximum Gasteiger partial charge on any atom is 0.240 e. The van der Waals surface area contributed by atoms with Crippen molar-refractivity contribution >= 4 is 28.8 Å². The van der Waals surface area contributed by atoms with Gasteiger partial charge in [0.2, 0.25) is 5.91 Å². The van der Waals surface area contributed by atoms with E-state index in [9.17, 15) is 4.79 Å². The van der Waals surface area contributed by atoms with Gasteiger partial charge < -0.3 is 10.2 Å². The van der Waals surface area contributed by atoms with E-state index < -0.39 is 0 Å². The summed E-state index contributed by atoms with van der Waals surface area (Å²) >= 11 is 7.61. The Bertz CT molecular complexity index is 501. The standard InChI is InChI=1S/C15H22ClN3OS/c1-11(12-9-14(16)21-10-12)19-6-2-3-13(19)15(20)18-7-4-17-5-8-18/h9-11,13,17H,2-8H2,1H3. The van der Waals surface area contributed by atoms with Gasteiger partial charge in [0.25, 0.3) is 0 Å². The Hall–Kier alpha value is -0.620. The van der Waals surface area contributed by atoms with Gasteiger partial charge in [0.1, 0.15) is 0 Å². The molecule has 2 saturated heterocycles. The van der Waals surface area contributed by atoms with Gasteiger partial charge in [-0.3, -0.25) is 9.69 Å². The Labute approximate surface area is 135 Å². The molecule has 4 nitrogen and oxygen atoms in total. The molecule has 0 saturated carbocycles. The zero-order valence-corrected chi connectivity index (χ0v) is 13.9. The average Bonchev–Trinajstić information content (AvgIpc) is 3.15. The Morgan fingerprint density at radius 3 is 2.86 bits per heavy atom. The summed E-state index contributed by atoms with van der Waals surface area (Å²) < 4.78 is 0.820. The summed E-state index contributed by atoms with van der Waals surface area (Å²) in [5.41, 5.74) is 1.23. The van der Waals surface area contributed by atoms with Gasteiger partial charge >= 0.3 is 0 Å². The molecule has 2 aliphatic heterocycles. The molecule has 3 rings (SSSR count). The third-order valence-corrected chi connectivity index (χ3v) is 5.68. The molecule has 0 aromatic carbocycles. The summed E-state index contributed by atoms with van der Waals surface area (Å²) in [6.07, 6.45) is 2.08. The number of hydrogen-bond acceptors (Lipinski definition) is 4. The minimum Gasteiger partial charge on any atom is -0.339 e. The van der Waals surface area contributed by atoms with Crippen LogP contribution in [0.3, 0.4) is 0 Å². The highest BCUT2D eigenvalue weighted by atomic mass is 35.5. The number of likely N-dealkylation sites (tertiary alicyclic amines) is 1. The maximum absolute atomic E-state index is 12.8.